The Labute approximate surface area is 175 Å². The van der Waals surface area contributed by atoms with Crippen LogP contribution >= 0.6 is 0 Å². The molecule has 0 saturated carbocycles. The average Bonchev–Trinajstić information content (AvgIpc) is 2.74. The number of fused-ring (bicyclic) bond motifs is 1. The molecule has 2 aromatic heterocycles. The van der Waals surface area contributed by atoms with Gasteiger partial charge in [-0.25, -0.2) is 28.3 Å². The number of para-hydroxylation sites is 1. The van der Waals surface area contributed by atoms with Crippen LogP contribution in [0.2, 0.25) is 0 Å². The smallest absolute Gasteiger partial charge is 0.348 e. The lowest BCUT2D eigenvalue weighted by Gasteiger charge is -2.06. The molecule has 0 saturated heterocycles. The lowest BCUT2D eigenvalue weighted by Crippen LogP contribution is -2.11. The number of nitrogens with one attached hydrogen (secondary N) is 1. The second kappa shape index (κ2) is 7.97. The standard InChI is InChI=1S/C20H15N5O5S/c21-31(28,29)13-7-5-12(6-8-13)24-17-9-10-22-20(25-17)23-11-15-18(26)14-3-1-2-4-16(14)30-19(15)27/h1-11,26H,(H2,21,28,29)(H,22,24,25)/b23-11+. The fourth-order valence-electron chi connectivity index (χ4n) is 2.74. The maximum atomic E-state index is 12.2. The fraction of sp³-hybridized carbons (Fsp3) is 0. The number of primary sulfonamides is 1. The van der Waals surface area contributed by atoms with Crippen molar-refractivity contribution >= 4 is 44.7 Å². The van der Waals surface area contributed by atoms with Crippen molar-refractivity contribution in [2.45, 2.75) is 4.90 Å². The third kappa shape index (κ3) is 4.42. The van der Waals surface area contributed by atoms with E-state index in [1.54, 1.807) is 30.3 Å². The van der Waals surface area contributed by atoms with Crippen molar-refractivity contribution in [1.29, 1.82) is 0 Å². The molecule has 0 radical (unpaired) electrons. The van der Waals surface area contributed by atoms with Crippen molar-refractivity contribution in [2.24, 2.45) is 10.1 Å². The summed E-state index contributed by atoms with van der Waals surface area (Å²) in [5.74, 6) is 0.151. The minimum absolute atomic E-state index is 0.0138. The molecule has 0 unspecified atom stereocenters. The Hall–Kier alpha value is -4.09. The SMILES string of the molecule is NS(=O)(=O)c1ccc(Nc2ccnc(/N=C/c3c(O)c4ccccc4oc3=O)n2)cc1. The van der Waals surface area contributed by atoms with E-state index in [2.05, 4.69) is 20.3 Å². The Morgan fingerprint density at radius 1 is 1.10 bits per heavy atom. The zero-order valence-electron chi connectivity index (χ0n) is 15.8. The summed E-state index contributed by atoms with van der Waals surface area (Å²) in [6.45, 7) is 0. The zero-order valence-corrected chi connectivity index (χ0v) is 16.6. The molecular formula is C20H15N5O5S. The molecule has 0 fully saturated rings. The van der Waals surface area contributed by atoms with Gasteiger partial charge in [-0.3, -0.25) is 0 Å². The molecule has 0 aliphatic rings. The van der Waals surface area contributed by atoms with Gasteiger partial charge < -0.3 is 14.8 Å². The number of hydrogen-bond acceptors (Lipinski definition) is 9. The van der Waals surface area contributed by atoms with Gasteiger partial charge in [0, 0.05) is 18.1 Å². The van der Waals surface area contributed by atoms with E-state index in [0.29, 0.717) is 16.9 Å². The Kier molecular flexibility index (Phi) is 5.19. The van der Waals surface area contributed by atoms with Crippen molar-refractivity contribution in [1.82, 2.24) is 9.97 Å². The Morgan fingerprint density at radius 2 is 1.84 bits per heavy atom. The number of sulfonamides is 1. The van der Waals surface area contributed by atoms with Crippen molar-refractivity contribution in [3.8, 4) is 5.75 Å². The van der Waals surface area contributed by atoms with Gasteiger partial charge in [-0.1, -0.05) is 12.1 Å². The summed E-state index contributed by atoms with van der Waals surface area (Å²) >= 11 is 0. The molecule has 2 aromatic carbocycles. The lowest BCUT2D eigenvalue weighted by atomic mass is 10.1. The fourth-order valence-corrected chi connectivity index (χ4v) is 3.26. The van der Waals surface area contributed by atoms with Crippen LogP contribution in [0.5, 0.6) is 5.75 Å². The average molecular weight is 437 g/mol. The van der Waals surface area contributed by atoms with Crippen LogP contribution in [-0.2, 0) is 10.0 Å². The molecular weight excluding hydrogens is 422 g/mol. The summed E-state index contributed by atoms with van der Waals surface area (Å²) < 4.78 is 27.8. The second-order valence-electron chi connectivity index (χ2n) is 6.34. The molecule has 0 bridgehead atoms. The van der Waals surface area contributed by atoms with Crippen molar-refractivity contribution < 1.29 is 17.9 Å². The Balaban J connectivity index is 1.59. The zero-order chi connectivity index (χ0) is 22.0. The van der Waals surface area contributed by atoms with Crippen LogP contribution in [0.25, 0.3) is 11.0 Å². The predicted octanol–water partition coefficient (Wildman–Crippen LogP) is 2.43. The van der Waals surface area contributed by atoms with E-state index in [1.807, 2.05) is 0 Å². The van der Waals surface area contributed by atoms with E-state index < -0.39 is 15.6 Å². The molecule has 0 spiro atoms. The van der Waals surface area contributed by atoms with Crippen LogP contribution in [0.4, 0.5) is 17.5 Å². The first-order valence-corrected chi connectivity index (χ1v) is 10.4. The summed E-state index contributed by atoms with van der Waals surface area (Å²) in [6.07, 6.45) is 2.58. The first kappa shape index (κ1) is 20.2. The van der Waals surface area contributed by atoms with Crippen molar-refractivity contribution in [3.05, 3.63) is 76.8 Å². The summed E-state index contributed by atoms with van der Waals surface area (Å²) in [7, 11) is -3.78. The molecule has 0 amide bonds. The third-order valence-corrected chi connectivity index (χ3v) is 5.16. The highest BCUT2D eigenvalue weighted by atomic mass is 32.2. The summed E-state index contributed by atoms with van der Waals surface area (Å²) in [5, 5.41) is 18.8. The summed E-state index contributed by atoms with van der Waals surface area (Å²) in [5.41, 5.74) is -0.0460. The number of aromatic hydroxyl groups is 1. The van der Waals surface area contributed by atoms with Crippen LogP contribution in [0, 0.1) is 0 Å². The molecule has 11 heteroatoms. The van der Waals surface area contributed by atoms with E-state index in [-0.39, 0.29) is 27.7 Å². The molecule has 156 valence electrons. The van der Waals surface area contributed by atoms with E-state index >= 15 is 0 Å². The highest BCUT2D eigenvalue weighted by Gasteiger charge is 2.12. The number of rotatable bonds is 5. The van der Waals surface area contributed by atoms with Gasteiger partial charge in [-0.15, -0.1) is 0 Å². The highest BCUT2D eigenvalue weighted by molar-refractivity contribution is 7.89. The van der Waals surface area contributed by atoms with E-state index in [0.717, 1.165) is 6.21 Å². The van der Waals surface area contributed by atoms with E-state index in [9.17, 15) is 18.3 Å². The van der Waals surface area contributed by atoms with Gasteiger partial charge in [0.2, 0.25) is 10.0 Å². The van der Waals surface area contributed by atoms with Gasteiger partial charge in [-0.05, 0) is 42.5 Å². The normalized spacial score (nSPS) is 11.8. The predicted molar refractivity (Wildman–Crippen MR) is 115 cm³/mol. The molecule has 31 heavy (non-hydrogen) atoms. The van der Waals surface area contributed by atoms with Crippen molar-refractivity contribution in [3.63, 3.8) is 0 Å². The van der Waals surface area contributed by atoms with E-state index in [1.165, 1.54) is 30.5 Å². The van der Waals surface area contributed by atoms with Gasteiger partial charge in [0.15, 0.2) is 0 Å². The number of aliphatic imine (C=N–C) groups is 1. The van der Waals surface area contributed by atoms with Gasteiger partial charge in [-0.2, -0.15) is 4.98 Å². The molecule has 10 nitrogen and oxygen atoms in total. The topological polar surface area (TPSA) is 161 Å². The number of benzene rings is 2. The van der Waals surface area contributed by atoms with Gasteiger partial charge >= 0.3 is 5.63 Å². The van der Waals surface area contributed by atoms with Crippen LogP contribution in [0.15, 0.2) is 79.9 Å². The minimum Gasteiger partial charge on any atom is -0.506 e. The molecule has 0 aliphatic carbocycles. The molecule has 2 heterocycles. The van der Waals surface area contributed by atoms with Gasteiger partial charge in [0.05, 0.1) is 10.3 Å². The molecule has 0 atom stereocenters. The molecule has 4 aromatic rings. The first-order chi connectivity index (χ1) is 14.8. The minimum atomic E-state index is -3.78. The monoisotopic (exact) mass is 437 g/mol. The number of aromatic nitrogens is 2. The van der Waals surface area contributed by atoms with Crippen LogP contribution in [0.3, 0.4) is 0 Å². The lowest BCUT2D eigenvalue weighted by molar-refractivity contribution is 0.466. The van der Waals surface area contributed by atoms with Crippen LogP contribution in [0.1, 0.15) is 5.56 Å². The van der Waals surface area contributed by atoms with Crippen LogP contribution in [-0.4, -0.2) is 29.7 Å². The van der Waals surface area contributed by atoms with Gasteiger partial charge in [0.1, 0.15) is 22.7 Å². The van der Waals surface area contributed by atoms with Crippen LogP contribution < -0.4 is 16.1 Å². The Morgan fingerprint density at radius 3 is 2.58 bits per heavy atom. The number of nitrogens with zero attached hydrogens (tertiary/aromatic N) is 3. The van der Waals surface area contributed by atoms with E-state index in [4.69, 9.17) is 9.56 Å². The number of anilines is 2. The summed E-state index contributed by atoms with van der Waals surface area (Å²) in [4.78, 5) is 24.4. The van der Waals surface area contributed by atoms with Gasteiger partial charge in [0.25, 0.3) is 5.95 Å². The maximum absolute atomic E-state index is 12.2. The first-order valence-electron chi connectivity index (χ1n) is 8.83. The third-order valence-electron chi connectivity index (χ3n) is 4.23. The Bertz CT molecular complexity index is 1460. The largest absolute Gasteiger partial charge is 0.506 e. The quantitative estimate of drug-likeness (QED) is 0.317. The van der Waals surface area contributed by atoms with Crippen molar-refractivity contribution in [2.75, 3.05) is 5.32 Å². The summed E-state index contributed by atoms with van der Waals surface area (Å²) in [6, 6.07) is 13.9. The molecule has 4 rings (SSSR count). The number of hydrogen-bond donors (Lipinski definition) is 3. The maximum Gasteiger partial charge on any atom is 0.348 e. The highest BCUT2D eigenvalue weighted by Crippen LogP contribution is 2.25. The number of nitrogens with two attached hydrogens (primary N) is 1. The molecule has 0 aliphatic heterocycles. The second-order valence-corrected chi connectivity index (χ2v) is 7.90. The molecule has 4 N–H and O–H groups in total.